The number of Topliss-reactive ketones (excluding diaryl/α,β-unsaturated/α-hetero) is 1. The Morgan fingerprint density at radius 2 is 1.74 bits per heavy atom. The number of esters is 1. The minimum atomic E-state index is -0.995. The van der Waals surface area contributed by atoms with Gasteiger partial charge in [0.25, 0.3) is 0 Å². The van der Waals surface area contributed by atoms with Gasteiger partial charge in [0.1, 0.15) is 0 Å². The van der Waals surface area contributed by atoms with Gasteiger partial charge in [0.15, 0.2) is 5.60 Å². The van der Waals surface area contributed by atoms with Crippen molar-refractivity contribution in [3.63, 3.8) is 0 Å². The Labute approximate surface area is 113 Å². The van der Waals surface area contributed by atoms with Gasteiger partial charge in [-0.25, -0.2) is 4.79 Å². The van der Waals surface area contributed by atoms with Crippen LogP contribution in [0.1, 0.15) is 42.5 Å². The highest BCUT2D eigenvalue weighted by atomic mass is 16.6. The first kappa shape index (κ1) is 13.5. The molecular weight excluding hydrogens is 240 g/mol. The SMILES string of the molecule is C=CC(=O)OC1(C(=O)c2ccccc2)CCCCC1. The molecule has 1 aliphatic carbocycles. The molecule has 0 unspecified atom stereocenters. The van der Waals surface area contributed by atoms with Gasteiger partial charge < -0.3 is 4.74 Å². The largest absolute Gasteiger partial charge is 0.447 e. The molecule has 3 heteroatoms. The summed E-state index contributed by atoms with van der Waals surface area (Å²) in [7, 11) is 0. The third-order valence-corrected chi connectivity index (χ3v) is 3.57. The van der Waals surface area contributed by atoms with Crippen LogP contribution in [0.2, 0.25) is 0 Å². The lowest BCUT2D eigenvalue weighted by Gasteiger charge is -2.35. The van der Waals surface area contributed by atoms with Crippen molar-refractivity contribution in [2.24, 2.45) is 0 Å². The molecule has 1 fully saturated rings. The lowest BCUT2D eigenvalue weighted by molar-refractivity contribution is -0.151. The van der Waals surface area contributed by atoms with Crippen molar-refractivity contribution in [1.29, 1.82) is 0 Å². The van der Waals surface area contributed by atoms with Gasteiger partial charge >= 0.3 is 5.97 Å². The van der Waals surface area contributed by atoms with Crippen LogP contribution in [-0.4, -0.2) is 17.4 Å². The van der Waals surface area contributed by atoms with E-state index < -0.39 is 11.6 Å². The number of hydrogen-bond acceptors (Lipinski definition) is 3. The molecule has 1 saturated carbocycles. The van der Waals surface area contributed by atoms with Crippen LogP contribution in [-0.2, 0) is 9.53 Å². The third-order valence-electron chi connectivity index (χ3n) is 3.57. The molecule has 1 aliphatic rings. The maximum Gasteiger partial charge on any atom is 0.331 e. The Balaban J connectivity index is 2.29. The summed E-state index contributed by atoms with van der Waals surface area (Å²) in [6.45, 7) is 3.40. The van der Waals surface area contributed by atoms with Gasteiger partial charge in [0.2, 0.25) is 5.78 Å². The van der Waals surface area contributed by atoms with Crippen LogP contribution in [0.15, 0.2) is 43.0 Å². The molecule has 3 nitrogen and oxygen atoms in total. The molecule has 0 amide bonds. The monoisotopic (exact) mass is 258 g/mol. The number of hydrogen-bond donors (Lipinski definition) is 0. The quantitative estimate of drug-likeness (QED) is 0.473. The Morgan fingerprint density at radius 3 is 2.32 bits per heavy atom. The summed E-state index contributed by atoms with van der Waals surface area (Å²) < 4.78 is 5.44. The highest BCUT2D eigenvalue weighted by Crippen LogP contribution is 2.34. The first-order valence-electron chi connectivity index (χ1n) is 6.63. The van der Waals surface area contributed by atoms with E-state index in [1.54, 1.807) is 12.1 Å². The molecule has 0 bridgehead atoms. The van der Waals surface area contributed by atoms with Crippen LogP contribution >= 0.6 is 0 Å². The molecule has 0 N–H and O–H groups in total. The first-order valence-corrected chi connectivity index (χ1v) is 6.63. The van der Waals surface area contributed by atoms with Gasteiger partial charge in [-0.1, -0.05) is 43.3 Å². The number of benzene rings is 1. The summed E-state index contributed by atoms with van der Waals surface area (Å²) >= 11 is 0. The zero-order valence-corrected chi connectivity index (χ0v) is 10.9. The smallest absolute Gasteiger partial charge is 0.331 e. The molecular formula is C16H18O3. The summed E-state index contributed by atoms with van der Waals surface area (Å²) in [4.78, 5) is 24.2. The molecule has 0 saturated heterocycles. The molecule has 19 heavy (non-hydrogen) atoms. The molecule has 100 valence electrons. The fraction of sp³-hybridized carbons (Fsp3) is 0.375. The van der Waals surface area contributed by atoms with E-state index in [2.05, 4.69) is 6.58 Å². The molecule has 0 aromatic heterocycles. The Morgan fingerprint density at radius 1 is 1.11 bits per heavy atom. The van der Waals surface area contributed by atoms with Crippen LogP contribution < -0.4 is 0 Å². The highest BCUT2D eigenvalue weighted by molar-refractivity contribution is 6.04. The van der Waals surface area contributed by atoms with E-state index in [4.69, 9.17) is 4.74 Å². The molecule has 2 rings (SSSR count). The second-order valence-electron chi connectivity index (χ2n) is 4.88. The lowest BCUT2D eigenvalue weighted by Crippen LogP contribution is -2.44. The van der Waals surface area contributed by atoms with Gasteiger partial charge in [-0.3, -0.25) is 4.79 Å². The minimum absolute atomic E-state index is 0.0944. The van der Waals surface area contributed by atoms with E-state index >= 15 is 0 Å². The average molecular weight is 258 g/mol. The summed E-state index contributed by atoms with van der Waals surface area (Å²) in [5.41, 5.74) is -0.397. The number of carbonyl (C=O) groups excluding carboxylic acids is 2. The van der Waals surface area contributed by atoms with Crippen molar-refractivity contribution in [3.05, 3.63) is 48.6 Å². The first-order chi connectivity index (χ1) is 9.18. The Hall–Kier alpha value is -1.90. The number of ketones is 1. The van der Waals surface area contributed by atoms with Crippen molar-refractivity contribution in [3.8, 4) is 0 Å². The molecule has 0 spiro atoms. The normalized spacial score (nSPS) is 17.5. The van der Waals surface area contributed by atoms with Gasteiger partial charge in [-0.2, -0.15) is 0 Å². The van der Waals surface area contributed by atoms with Crippen LogP contribution in [0.4, 0.5) is 0 Å². The van der Waals surface area contributed by atoms with Crippen molar-refractivity contribution < 1.29 is 14.3 Å². The topological polar surface area (TPSA) is 43.4 Å². The molecule has 1 aromatic carbocycles. The summed E-state index contributed by atoms with van der Waals surface area (Å²) in [5.74, 6) is -0.616. The average Bonchev–Trinajstić information content (AvgIpc) is 2.48. The van der Waals surface area contributed by atoms with E-state index in [0.29, 0.717) is 18.4 Å². The van der Waals surface area contributed by atoms with E-state index in [1.807, 2.05) is 18.2 Å². The van der Waals surface area contributed by atoms with Crippen LogP contribution in [0.3, 0.4) is 0 Å². The fourth-order valence-electron chi connectivity index (χ4n) is 2.59. The van der Waals surface area contributed by atoms with Crippen LogP contribution in [0.25, 0.3) is 0 Å². The second kappa shape index (κ2) is 5.83. The maximum atomic E-state index is 12.7. The number of carbonyl (C=O) groups is 2. The van der Waals surface area contributed by atoms with Gasteiger partial charge in [0.05, 0.1) is 0 Å². The fourth-order valence-corrected chi connectivity index (χ4v) is 2.59. The molecule has 0 heterocycles. The minimum Gasteiger partial charge on any atom is -0.447 e. The highest BCUT2D eigenvalue weighted by Gasteiger charge is 2.43. The maximum absolute atomic E-state index is 12.7. The molecule has 0 aliphatic heterocycles. The van der Waals surface area contributed by atoms with Gasteiger partial charge in [0, 0.05) is 11.6 Å². The Bertz CT molecular complexity index is 470. The molecule has 1 aromatic rings. The number of rotatable bonds is 4. The zero-order chi connectivity index (χ0) is 13.7. The summed E-state index contributed by atoms with van der Waals surface area (Å²) in [6.07, 6.45) is 5.21. The predicted molar refractivity (Wildman–Crippen MR) is 72.9 cm³/mol. The van der Waals surface area contributed by atoms with Gasteiger partial charge in [-0.05, 0) is 25.7 Å². The van der Waals surface area contributed by atoms with Crippen LogP contribution in [0.5, 0.6) is 0 Å². The van der Waals surface area contributed by atoms with E-state index in [1.165, 1.54) is 0 Å². The predicted octanol–water partition coefficient (Wildman–Crippen LogP) is 3.30. The third kappa shape index (κ3) is 2.92. The number of ether oxygens (including phenoxy) is 1. The standard InChI is InChI=1S/C16H18O3/c1-2-14(17)19-16(11-7-4-8-12-16)15(18)13-9-5-3-6-10-13/h2-3,5-6,9-10H,1,4,7-8,11-12H2. The molecule has 0 atom stereocenters. The van der Waals surface area contributed by atoms with Gasteiger partial charge in [-0.15, -0.1) is 0 Å². The van der Waals surface area contributed by atoms with E-state index in [9.17, 15) is 9.59 Å². The second-order valence-corrected chi connectivity index (χ2v) is 4.88. The molecule has 0 radical (unpaired) electrons. The Kier molecular flexibility index (Phi) is 4.15. The zero-order valence-electron chi connectivity index (χ0n) is 10.9. The van der Waals surface area contributed by atoms with Crippen molar-refractivity contribution in [2.45, 2.75) is 37.7 Å². The summed E-state index contributed by atoms with van der Waals surface area (Å²) in [6, 6.07) is 9.03. The van der Waals surface area contributed by atoms with Crippen LogP contribution in [0, 0.1) is 0 Å². The lowest BCUT2D eigenvalue weighted by atomic mass is 9.79. The van der Waals surface area contributed by atoms with Crippen molar-refractivity contribution in [2.75, 3.05) is 0 Å². The summed E-state index contributed by atoms with van der Waals surface area (Å²) in [5, 5.41) is 0. The van der Waals surface area contributed by atoms with E-state index in [-0.39, 0.29) is 5.78 Å². The van der Waals surface area contributed by atoms with E-state index in [0.717, 1.165) is 25.3 Å². The van der Waals surface area contributed by atoms with Crippen molar-refractivity contribution >= 4 is 11.8 Å². The van der Waals surface area contributed by atoms with Crippen molar-refractivity contribution in [1.82, 2.24) is 0 Å².